The summed E-state index contributed by atoms with van der Waals surface area (Å²) in [6, 6.07) is 17.2. The first-order valence-electron chi connectivity index (χ1n) is 8.27. The zero-order chi connectivity index (χ0) is 16.5. The number of amidine groups is 1. The summed E-state index contributed by atoms with van der Waals surface area (Å²) in [4.78, 5) is 8.53. The monoisotopic (exact) mass is 354 g/mol. The van der Waals surface area contributed by atoms with Crippen molar-refractivity contribution in [1.82, 2.24) is 4.90 Å². The zero-order valence-corrected chi connectivity index (χ0v) is 15.1. The van der Waals surface area contributed by atoms with Crippen LogP contribution in [-0.2, 0) is 12.8 Å². The minimum atomic E-state index is 0.214. The van der Waals surface area contributed by atoms with Gasteiger partial charge in [0.05, 0.1) is 12.6 Å². The van der Waals surface area contributed by atoms with Gasteiger partial charge in [0, 0.05) is 22.5 Å². The molecule has 0 saturated heterocycles. The molecule has 2 aromatic carbocycles. The second-order valence-corrected chi connectivity index (χ2v) is 7.71. The van der Waals surface area contributed by atoms with Gasteiger partial charge in [-0.15, -0.1) is 0 Å². The number of hydrogen-bond donors (Lipinski definition) is 0. The number of allylic oxidation sites excluding steroid dienone is 1. The molecule has 4 rings (SSSR count). The van der Waals surface area contributed by atoms with Crippen molar-refractivity contribution in [3.63, 3.8) is 0 Å². The van der Waals surface area contributed by atoms with E-state index in [1.807, 2.05) is 12.1 Å². The molecule has 0 aromatic heterocycles. The lowest BCUT2D eigenvalue weighted by molar-refractivity contribution is 0.556. The van der Waals surface area contributed by atoms with Crippen LogP contribution < -0.4 is 0 Å². The zero-order valence-electron chi connectivity index (χ0n) is 13.6. The molecule has 0 N–H and O–H groups in total. The maximum atomic E-state index is 5.97. The van der Waals surface area contributed by atoms with Gasteiger partial charge < -0.3 is 4.90 Å². The third kappa shape index (κ3) is 3.24. The van der Waals surface area contributed by atoms with E-state index in [-0.39, 0.29) is 6.04 Å². The predicted molar refractivity (Wildman–Crippen MR) is 104 cm³/mol. The van der Waals surface area contributed by atoms with E-state index in [1.54, 1.807) is 11.8 Å². The molecule has 0 fully saturated rings. The van der Waals surface area contributed by atoms with Gasteiger partial charge in [-0.2, -0.15) is 0 Å². The van der Waals surface area contributed by atoms with Crippen LogP contribution in [0.1, 0.15) is 29.7 Å². The Morgan fingerprint density at radius 2 is 1.79 bits per heavy atom. The molecule has 1 atom stereocenters. The average Bonchev–Trinajstić information content (AvgIpc) is 3.14. The third-order valence-electron chi connectivity index (χ3n) is 4.47. The van der Waals surface area contributed by atoms with E-state index in [0.29, 0.717) is 0 Å². The fraction of sp³-hybridized carbons (Fsp3) is 0.250. The van der Waals surface area contributed by atoms with Gasteiger partial charge in [-0.1, -0.05) is 66.7 Å². The molecule has 0 radical (unpaired) electrons. The van der Waals surface area contributed by atoms with Crippen LogP contribution in [-0.4, -0.2) is 16.6 Å². The number of nitrogens with zero attached hydrogens (tertiary/aromatic N) is 2. The van der Waals surface area contributed by atoms with Gasteiger partial charge in [-0.05, 0) is 35.2 Å². The number of halogens is 1. The number of aryl methyl sites for hydroxylation is 1. The second-order valence-electron chi connectivity index (χ2n) is 6.18. The van der Waals surface area contributed by atoms with Crippen LogP contribution in [0.4, 0.5) is 0 Å². The van der Waals surface area contributed by atoms with Gasteiger partial charge in [0.1, 0.15) is 0 Å². The first kappa shape index (κ1) is 15.8. The van der Waals surface area contributed by atoms with Crippen LogP contribution in [0.15, 0.2) is 64.6 Å². The van der Waals surface area contributed by atoms with Gasteiger partial charge in [-0.3, -0.25) is 4.99 Å². The maximum Gasteiger partial charge on any atom is 0.168 e. The summed E-state index contributed by atoms with van der Waals surface area (Å²) < 4.78 is 0. The average molecular weight is 355 g/mol. The van der Waals surface area contributed by atoms with Crippen LogP contribution in [0.5, 0.6) is 0 Å². The molecule has 2 heterocycles. The van der Waals surface area contributed by atoms with Crippen LogP contribution in [0, 0.1) is 0 Å². The van der Waals surface area contributed by atoms with E-state index < -0.39 is 0 Å². The van der Waals surface area contributed by atoms with Crippen LogP contribution in [0.25, 0.3) is 0 Å². The minimum Gasteiger partial charge on any atom is -0.324 e. The highest BCUT2D eigenvalue weighted by Crippen LogP contribution is 2.38. The van der Waals surface area contributed by atoms with E-state index in [1.165, 1.54) is 21.6 Å². The smallest absolute Gasteiger partial charge is 0.168 e. The summed E-state index contributed by atoms with van der Waals surface area (Å²) in [6.45, 7) is 3.11. The molecule has 2 aliphatic rings. The van der Waals surface area contributed by atoms with Crippen molar-refractivity contribution in [2.24, 2.45) is 4.99 Å². The Morgan fingerprint density at radius 1 is 1.08 bits per heavy atom. The van der Waals surface area contributed by atoms with E-state index in [4.69, 9.17) is 16.6 Å². The number of thioether (sulfide) groups is 1. The lowest BCUT2D eigenvalue weighted by Gasteiger charge is -2.11. The van der Waals surface area contributed by atoms with Gasteiger partial charge in [0.25, 0.3) is 0 Å². The molecule has 24 heavy (non-hydrogen) atoms. The molecule has 2 nitrogen and oxygen atoms in total. The Bertz CT molecular complexity index is 793. The third-order valence-corrected chi connectivity index (χ3v) is 5.75. The number of fused-ring (bicyclic) bond motifs is 1. The van der Waals surface area contributed by atoms with Crippen molar-refractivity contribution in [3.8, 4) is 0 Å². The van der Waals surface area contributed by atoms with Crippen LogP contribution >= 0.6 is 23.4 Å². The van der Waals surface area contributed by atoms with Gasteiger partial charge >= 0.3 is 0 Å². The number of aliphatic imine (C=N–C) groups is 1. The summed E-state index contributed by atoms with van der Waals surface area (Å²) in [5.74, 6) is 0. The van der Waals surface area contributed by atoms with Crippen molar-refractivity contribution in [1.29, 1.82) is 0 Å². The Labute approximate surface area is 152 Å². The van der Waals surface area contributed by atoms with Crippen molar-refractivity contribution in [3.05, 3.63) is 81.3 Å². The fourth-order valence-electron chi connectivity index (χ4n) is 3.06. The van der Waals surface area contributed by atoms with Gasteiger partial charge in [0.2, 0.25) is 0 Å². The molecular formula is C20H19ClN2S. The molecule has 122 valence electrons. The Balaban J connectivity index is 1.42. The van der Waals surface area contributed by atoms with Crippen molar-refractivity contribution >= 4 is 28.5 Å². The quantitative estimate of drug-likeness (QED) is 0.725. The van der Waals surface area contributed by atoms with Crippen molar-refractivity contribution in [2.45, 2.75) is 25.8 Å². The van der Waals surface area contributed by atoms with E-state index in [2.05, 4.69) is 54.4 Å². The minimum absolute atomic E-state index is 0.214. The summed E-state index contributed by atoms with van der Waals surface area (Å²) >= 11 is 7.77. The predicted octanol–water partition coefficient (Wildman–Crippen LogP) is 5.45. The standard InChI is InChI=1S/C20H19ClN2S/c1-2-14-3-5-15(6-4-14)11-18-12-23-13-19(22-20(23)24-18)16-7-9-17(21)10-8-16/h3-10,12,19H,2,11,13H2,1H3/t19-/m0/s1. The summed E-state index contributed by atoms with van der Waals surface area (Å²) in [6.07, 6.45) is 4.33. The Morgan fingerprint density at radius 3 is 2.46 bits per heavy atom. The normalized spacial score (nSPS) is 19.2. The highest BCUT2D eigenvalue weighted by atomic mass is 35.5. The lowest BCUT2D eigenvalue weighted by atomic mass is 10.1. The largest absolute Gasteiger partial charge is 0.324 e. The van der Waals surface area contributed by atoms with Gasteiger partial charge in [0.15, 0.2) is 5.17 Å². The molecule has 0 bridgehead atoms. The summed E-state index contributed by atoms with van der Waals surface area (Å²) in [7, 11) is 0. The Hall–Kier alpha value is -1.71. The number of benzene rings is 2. The molecule has 2 aliphatic heterocycles. The first-order chi connectivity index (χ1) is 11.7. The lowest BCUT2D eigenvalue weighted by Crippen LogP contribution is -2.16. The van der Waals surface area contributed by atoms with E-state index in [9.17, 15) is 0 Å². The van der Waals surface area contributed by atoms with Crippen LogP contribution in [0.2, 0.25) is 5.02 Å². The SMILES string of the molecule is CCc1ccc(CC2=CN3C[C@@H](c4ccc(Cl)cc4)N=C3S2)cc1. The van der Waals surface area contributed by atoms with Crippen molar-refractivity contribution in [2.75, 3.05) is 6.54 Å². The van der Waals surface area contributed by atoms with Gasteiger partial charge in [-0.25, -0.2) is 0 Å². The number of hydrogen-bond acceptors (Lipinski definition) is 3. The molecule has 0 aliphatic carbocycles. The van der Waals surface area contributed by atoms with E-state index in [0.717, 1.165) is 29.6 Å². The second kappa shape index (κ2) is 6.66. The topological polar surface area (TPSA) is 15.6 Å². The first-order valence-corrected chi connectivity index (χ1v) is 9.47. The molecule has 4 heteroatoms. The molecular weight excluding hydrogens is 336 g/mol. The highest BCUT2D eigenvalue weighted by molar-refractivity contribution is 8.17. The summed E-state index contributed by atoms with van der Waals surface area (Å²) in [5.41, 5.74) is 3.98. The number of rotatable bonds is 4. The summed E-state index contributed by atoms with van der Waals surface area (Å²) in [5, 5.41) is 1.89. The molecule has 0 spiro atoms. The molecule has 0 amide bonds. The molecule has 0 unspecified atom stereocenters. The maximum absolute atomic E-state index is 5.97. The molecule has 0 saturated carbocycles. The highest BCUT2D eigenvalue weighted by Gasteiger charge is 2.30. The fourth-order valence-corrected chi connectivity index (χ4v) is 4.27. The van der Waals surface area contributed by atoms with Crippen LogP contribution in [0.3, 0.4) is 0 Å². The molecule has 2 aromatic rings. The van der Waals surface area contributed by atoms with Crippen molar-refractivity contribution < 1.29 is 0 Å². The van der Waals surface area contributed by atoms with E-state index >= 15 is 0 Å². The Kier molecular flexibility index (Phi) is 4.38.